The van der Waals surface area contributed by atoms with E-state index in [1.165, 1.54) is 23.5 Å². The lowest BCUT2D eigenvalue weighted by Crippen LogP contribution is -2.07. The van der Waals surface area contributed by atoms with Gasteiger partial charge in [-0.15, -0.1) is 11.3 Å². The van der Waals surface area contributed by atoms with Gasteiger partial charge in [-0.1, -0.05) is 6.07 Å². The van der Waals surface area contributed by atoms with Gasteiger partial charge in [0.25, 0.3) is 0 Å². The zero-order valence-corrected chi connectivity index (χ0v) is 11.3. The van der Waals surface area contributed by atoms with Gasteiger partial charge in [-0.05, 0) is 42.8 Å². The van der Waals surface area contributed by atoms with Gasteiger partial charge in [-0.25, -0.2) is 4.39 Å². The number of Topliss-reactive ketones (excluding diaryl/α,β-unsaturated/α-hetero) is 1. The van der Waals surface area contributed by atoms with Gasteiger partial charge in [-0.3, -0.25) is 4.79 Å². The summed E-state index contributed by atoms with van der Waals surface area (Å²) in [5.41, 5.74) is 0. The van der Waals surface area contributed by atoms with Crippen molar-refractivity contribution in [2.24, 2.45) is 0 Å². The van der Waals surface area contributed by atoms with E-state index in [1.807, 2.05) is 6.07 Å². The Labute approximate surface area is 115 Å². The van der Waals surface area contributed by atoms with Gasteiger partial charge in [0, 0.05) is 17.7 Å². The molecular formula is C15H15FO2S. The average molecular weight is 278 g/mol. The van der Waals surface area contributed by atoms with E-state index in [0.29, 0.717) is 6.42 Å². The normalized spacial score (nSPS) is 19.1. The van der Waals surface area contributed by atoms with Gasteiger partial charge in [-0.2, -0.15) is 0 Å². The van der Waals surface area contributed by atoms with Crippen LogP contribution in [-0.4, -0.2) is 18.5 Å². The number of rotatable bonds is 4. The summed E-state index contributed by atoms with van der Waals surface area (Å²) in [6.45, 7) is 0.820. The average Bonchev–Trinajstić information content (AvgIpc) is 3.04. The van der Waals surface area contributed by atoms with Crippen molar-refractivity contribution in [3.8, 4) is 0 Å². The summed E-state index contributed by atoms with van der Waals surface area (Å²) in [4.78, 5) is 12.8. The first-order valence-electron chi connectivity index (χ1n) is 6.56. The lowest BCUT2D eigenvalue weighted by Gasteiger charge is -2.06. The van der Waals surface area contributed by atoms with Crippen molar-refractivity contribution in [1.29, 1.82) is 0 Å². The van der Waals surface area contributed by atoms with E-state index in [1.54, 1.807) is 6.07 Å². The summed E-state index contributed by atoms with van der Waals surface area (Å²) < 4.78 is 19.5. The number of hydrogen-bond acceptors (Lipinski definition) is 3. The van der Waals surface area contributed by atoms with Gasteiger partial charge in [0.1, 0.15) is 5.82 Å². The lowest BCUT2D eigenvalue weighted by molar-refractivity contribution is 0.0862. The maximum atomic E-state index is 13.1. The lowest BCUT2D eigenvalue weighted by atomic mass is 10.1. The Morgan fingerprint density at radius 2 is 2.32 bits per heavy atom. The molecule has 0 spiro atoms. The predicted molar refractivity (Wildman–Crippen MR) is 74.3 cm³/mol. The number of fused-ring (bicyclic) bond motifs is 1. The Morgan fingerprint density at radius 1 is 1.42 bits per heavy atom. The van der Waals surface area contributed by atoms with Crippen molar-refractivity contribution in [3.05, 3.63) is 35.0 Å². The first-order valence-corrected chi connectivity index (χ1v) is 7.38. The minimum absolute atomic E-state index is 0.136. The smallest absolute Gasteiger partial charge is 0.172 e. The first kappa shape index (κ1) is 12.8. The van der Waals surface area contributed by atoms with Crippen LogP contribution in [-0.2, 0) is 4.74 Å². The Bertz CT molecular complexity index is 599. The van der Waals surface area contributed by atoms with Crippen molar-refractivity contribution in [1.82, 2.24) is 0 Å². The van der Waals surface area contributed by atoms with Crippen LogP contribution in [0.4, 0.5) is 4.39 Å². The van der Waals surface area contributed by atoms with Crippen LogP contribution in [0.2, 0.25) is 0 Å². The van der Waals surface area contributed by atoms with Crippen LogP contribution >= 0.6 is 11.3 Å². The Hall–Kier alpha value is -1.26. The minimum Gasteiger partial charge on any atom is -0.378 e. The molecule has 2 heterocycles. The topological polar surface area (TPSA) is 26.3 Å². The molecule has 1 fully saturated rings. The van der Waals surface area contributed by atoms with Crippen molar-refractivity contribution in [3.63, 3.8) is 0 Å². The third kappa shape index (κ3) is 2.85. The molecule has 4 heteroatoms. The predicted octanol–water partition coefficient (Wildman–Crippen LogP) is 4.18. The molecule has 1 saturated heterocycles. The third-order valence-corrected chi connectivity index (χ3v) is 4.61. The second kappa shape index (κ2) is 5.39. The molecule has 1 aliphatic heterocycles. The number of ether oxygens (including phenoxy) is 1. The third-order valence-electron chi connectivity index (χ3n) is 3.47. The highest BCUT2D eigenvalue weighted by molar-refractivity contribution is 7.20. The molecule has 1 aromatic heterocycles. The number of carbonyl (C=O) groups is 1. The Kier molecular flexibility index (Phi) is 3.62. The van der Waals surface area contributed by atoms with Crippen molar-refractivity contribution >= 4 is 27.2 Å². The molecule has 0 saturated carbocycles. The molecule has 1 aromatic carbocycles. The van der Waals surface area contributed by atoms with Gasteiger partial charge in [0.15, 0.2) is 5.78 Å². The molecule has 2 nitrogen and oxygen atoms in total. The zero-order chi connectivity index (χ0) is 13.2. The monoisotopic (exact) mass is 278 g/mol. The molecular weight excluding hydrogens is 263 g/mol. The standard InChI is InChI=1S/C15H15FO2S/c16-11-4-3-10-8-15(19-14(10)9-11)13(17)6-5-12-2-1-7-18-12/h3-4,8-9,12H,1-2,5-7H2. The number of benzene rings is 1. The van der Waals surface area contributed by atoms with Crippen LogP contribution < -0.4 is 0 Å². The number of hydrogen-bond donors (Lipinski definition) is 0. The van der Waals surface area contributed by atoms with Gasteiger partial charge in [0.05, 0.1) is 11.0 Å². The van der Waals surface area contributed by atoms with Crippen LogP contribution in [0, 0.1) is 5.82 Å². The largest absolute Gasteiger partial charge is 0.378 e. The van der Waals surface area contributed by atoms with E-state index in [2.05, 4.69) is 0 Å². The van der Waals surface area contributed by atoms with E-state index in [4.69, 9.17) is 4.74 Å². The fourth-order valence-electron chi connectivity index (χ4n) is 2.43. The van der Waals surface area contributed by atoms with Crippen LogP contribution in [0.15, 0.2) is 24.3 Å². The van der Waals surface area contributed by atoms with Crippen molar-refractivity contribution in [2.75, 3.05) is 6.61 Å². The summed E-state index contributed by atoms with van der Waals surface area (Å²) >= 11 is 1.37. The Balaban J connectivity index is 1.70. The molecule has 1 aliphatic rings. The van der Waals surface area contributed by atoms with Gasteiger partial charge >= 0.3 is 0 Å². The molecule has 0 bridgehead atoms. The fraction of sp³-hybridized carbons (Fsp3) is 0.400. The number of ketones is 1. The summed E-state index contributed by atoms with van der Waals surface area (Å²) in [6, 6.07) is 6.49. The molecule has 2 aromatic rings. The molecule has 0 radical (unpaired) electrons. The van der Waals surface area contributed by atoms with E-state index >= 15 is 0 Å². The van der Waals surface area contributed by atoms with E-state index in [-0.39, 0.29) is 17.7 Å². The summed E-state index contributed by atoms with van der Waals surface area (Å²) in [7, 11) is 0. The molecule has 0 N–H and O–H groups in total. The quantitative estimate of drug-likeness (QED) is 0.784. The SMILES string of the molecule is O=C(CCC1CCCO1)c1cc2ccc(F)cc2s1. The van der Waals surface area contributed by atoms with Gasteiger partial charge in [0.2, 0.25) is 0 Å². The van der Waals surface area contributed by atoms with Crippen LogP contribution in [0.3, 0.4) is 0 Å². The highest BCUT2D eigenvalue weighted by atomic mass is 32.1. The van der Waals surface area contributed by atoms with Crippen LogP contribution in [0.5, 0.6) is 0 Å². The summed E-state index contributed by atoms with van der Waals surface area (Å²) in [5, 5.41) is 0.937. The molecule has 19 heavy (non-hydrogen) atoms. The number of carbonyl (C=O) groups excluding carboxylic acids is 1. The van der Waals surface area contributed by atoms with E-state index in [0.717, 1.165) is 40.8 Å². The minimum atomic E-state index is -0.257. The summed E-state index contributed by atoms with van der Waals surface area (Å²) in [6.07, 6.45) is 3.71. The van der Waals surface area contributed by atoms with E-state index < -0.39 is 0 Å². The maximum Gasteiger partial charge on any atom is 0.172 e. The molecule has 1 atom stereocenters. The highest BCUT2D eigenvalue weighted by Gasteiger charge is 2.18. The molecule has 1 unspecified atom stereocenters. The fourth-order valence-corrected chi connectivity index (χ4v) is 3.48. The molecule has 0 aliphatic carbocycles. The second-order valence-electron chi connectivity index (χ2n) is 4.89. The first-order chi connectivity index (χ1) is 9.22. The second-order valence-corrected chi connectivity index (χ2v) is 5.97. The maximum absolute atomic E-state index is 13.1. The highest BCUT2D eigenvalue weighted by Crippen LogP contribution is 2.28. The van der Waals surface area contributed by atoms with Crippen LogP contribution in [0.25, 0.3) is 10.1 Å². The van der Waals surface area contributed by atoms with E-state index in [9.17, 15) is 9.18 Å². The molecule has 0 amide bonds. The van der Waals surface area contributed by atoms with Crippen molar-refractivity contribution in [2.45, 2.75) is 31.8 Å². The Morgan fingerprint density at radius 3 is 3.11 bits per heavy atom. The number of halogens is 1. The van der Waals surface area contributed by atoms with Gasteiger partial charge < -0.3 is 4.74 Å². The van der Waals surface area contributed by atoms with Crippen molar-refractivity contribution < 1.29 is 13.9 Å². The zero-order valence-electron chi connectivity index (χ0n) is 10.5. The number of thiophene rings is 1. The molecule has 3 rings (SSSR count). The summed E-state index contributed by atoms with van der Waals surface area (Å²) in [5.74, 6) is -0.121. The molecule has 100 valence electrons. The van der Waals surface area contributed by atoms with Crippen LogP contribution in [0.1, 0.15) is 35.4 Å².